The molecule has 1 N–H and O–H groups in total. The van der Waals surface area contributed by atoms with Crippen molar-refractivity contribution in [2.75, 3.05) is 13.2 Å². The van der Waals surface area contributed by atoms with E-state index in [-0.39, 0.29) is 25.5 Å². The summed E-state index contributed by atoms with van der Waals surface area (Å²) in [7, 11) is 0. The lowest BCUT2D eigenvalue weighted by atomic mass is 10.0. The van der Waals surface area contributed by atoms with Gasteiger partial charge in [-0.05, 0) is 20.3 Å². The number of ether oxygens (including phenoxy) is 2. The summed E-state index contributed by atoms with van der Waals surface area (Å²) in [4.78, 5) is 34.8. The van der Waals surface area contributed by atoms with E-state index in [2.05, 4.69) is 5.32 Å². The molecule has 1 amide bonds. The number of carbonyl (C=O) groups excluding carboxylic acids is 3. The fraction of sp³-hybridized carbons (Fsp3) is 0.643. The van der Waals surface area contributed by atoms with Crippen LogP contribution in [0, 0.1) is 5.92 Å². The molecule has 0 aliphatic carbocycles. The monoisotopic (exact) mass is 285 g/mol. The summed E-state index contributed by atoms with van der Waals surface area (Å²) >= 11 is 0. The Morgan fingerprint density at radius 3 is 1.90 bits per heavy atom. The maximum atomic E-state index is 11.8. The SMILES string of the molecule is CC/C=C(/CC(C(=O)OCC)C(=O)OCC)NC(C)=O. The molecule has 0 radical (unpaired) electrons. The van der Waals surface area contributed by atoms with Gasteiger partial charge >= 0.3 is 11.9 Å². The van der Waals surface area contributed by atoms with Crippen LogP contribution in [0.1, 0.15) is 40.5 Å². The topological polar surface area (TPSA) is 81.7 Å². The van der Waals surface area contributed by atoms with Gasteiger partial charge in [0.25, 0.3) is 0 Å². The Labute approximate surface area is 119 Å². The minimum atomic E-state index is -1.06. The smallest absolute Gasteiger partial charge is 0.320 e. The number of amides is 1. The number of hydrogen-bond donors (Lipinski definition) is 1. The van der Waals surface area contributed by atoms with Crippen LogP contribution in [0.2, 0.25) is 0 Å². The normalized spacial score (nSPS) is 11.2. The first-order valence-electron chi connectivity index (χ1n) is 6.76. The van der Waals surface area contributed by atoms with Crippen molar-refractivity contribution in [1.29, 1.82) is 0 Å². The van der Waals surface area contributed by atoms with Gasteiger partial charge in [0.1, 0.15) is 0 Å². The first-order valence-corrected chi connectivity index (χ1v) is 6.76. The Bertz CT molecular complexity index is 358. The zero-order chi connectivity index (χ0) is 15.5. The predicted octanol–water partition coefficient (Wildman–Crippen LogP) is 1.55. The van der Waals surface area contributed by atoms with Crippen LogP contribution in [0.25, 0.3) is 0 Å². The highest BCUT2D eigenvalue weighted by atomic mass is 16.6. The Hall–Kier alpha value is -1.85. The highest BCUT2D eigenvalue weighted by Crippen LogP contribution is 2.15. The number of rotatable bonds is 8. The van der Waals surface area contributed by atoms with E-state index in [0.29, 0.717) is 12.1 Å². The maximum Gasteiger partial charge on any atom is 0.320 e. The van der Waals surface area contributed by atoms with Crippen LogP contribution in [0.4, 0.5) is 0 Å². The Kier molecular flexibility index (Phi) is 9.07. The van der Waals surface area contributed by atoms with Gasteiger partial charge in [-0.15, -0.1) is 0 Å². The van der Waals surface area contributed by atoms with Gasteiger partial charge in [0.2, 0.25) is 5.91 Å². The van der Waals surface area contributed by atoms with Crippen molar-refractivity contribution in [1.82, 2.24) is 5.32 Å². The van der Waals surface area contributed by atoms with Gasteiger partial charge in [0.15, 0.2) is 5.92 Å². The molecule has 0 saturated heterocycles. The third-order valence-electron chi connectivity index (χ3n) is 2.35. The summed E-state index contributed by atoms with van der Waals surface area (Å²) in [5.41, 5.74) is 0.520. The molecular weight excluding hydrogens is 262 g/mol. The average Bonchev–Trinajstić information content (AvgIpc) is 2.35. The van der Waals surface area contributed by atoms with Crippen LogP contribution in [-0.2, 0) is 23.9 Å². The number of hydrogen-bond acceptors (Lipinski definition) is 5. The molecule has 114 valence electrons. The fourth-order valence-electron chi connectivity index (χ4n) is 1.63. The quantitative estimate of drug-likeness (QED) is 0.540. The molecular formula is C14H23NO5. The van der Waals surface area contributed by atoms with E-state index in [4.69, 9.17) is 9.47 Å². The second-order valence-electron chi connectivity index (χ2n) is 4.08. The third-order valence-corrected chi connectivity index (χ3v) is 2.35. The van der Waals surface area contributed by atoms with Crippen LogP contribution >= 0.6 is 0 Å². The molecule has 0 spiro atoms. The molecule has 0 rings (SSSR count). The van der Waals surface area contributed by atoms with Crippen LogP contribution in [0.3, 0.4) is 0 Å². The van der Waals surface area contributed by atoms with E-state index in [1.165, 1.54) is 6.92 Å². The van der Waals surface area contributed by atoms with Crippen molar-refractivity contribution in [2.45, 2.75) is 40.5 Å². The van der Waals surface area contributed by atoms with Crippen LogP contribution < -0.4 is 5.32 Å². The van der Waals surface area contributed by atoms with Crippen LogP contribution in [0.5, 0.6) is 0 Å². The van der Waals surface area contributed by atoms with E-state index < -0.39 is 17.9 Å². The van der Waals surface area contributed by atoms with Gasteiger partial charge in [-0.2, -0.15) is 0 Å². The predicted molar refractivity (Wildman–Crippen MR) is 73.6 cm³/mol. The van der Waals surface area contributed by atoms with Gasteiger partial charge in [-0.1, -0.05) is 13.0 Å². The van der Waals surface area contributed by atoms with Gasteiger partial charge in [0.05, 0.1) is 13.2 Å². The maximum absolute atomic E-state index is 11.8. The van der Waals surface area contributed by atoms with Crippen LogP contribution in [0.15, 0.2) is 11.8 Å². The average molecular weight is 285 g/mol. The zero-order valence-electron chi connectivity index (χ0n) is 12.5. The van der Waals surface area contributed by atoms with Gasteiger partial charge in [-0.25, -0.2) is 0 Å². The first-order chi connectivity index (χ1) is 9.46. The molecule has 0 fully saturated rings. The van der Waals surface area contributed by atoms with Crippen molar-refractivity contribution in [2.24, 2.45) is 5.92 Å². The highest BCUT2D eigenvalue weighted by molar-refractivity contribution is 5.95. The van der Waals surface area contributed by atoms with Gasteiger partial charge in [0, 0.05) is 19.0 Å². The third kappa shape index (κ3) is 6.92. The van der Waals surface area contributed by atoms with Crippen LogP contribution in [-0.4, -0.2) is 31.1 Å². The number of nitrogens with one attached hydrogen (secondary N) is 1. The van der Waals surface area contributed by atoms with Gasteiger partial charge in [-0.3, -0.25) is 14.4 Å². The fourth-order valence-corrected chi connectivity index (χ4v) is 1.63. The first kappa shape index (κ1) is 18.1. The van der Waals surface area contributed by atoms with Crippen molar-refractivity contribution in [3.63, 3.8) is 0 Å². The van der Waals surface area contributed by atoms with Crippen molar-refractivity contribution < 1.29 is 23.9 Å². The number of allylic oxidation sites excluding steroid dienone is 2. The summed E-state index contributed by atoms with van der Waals surface area (Å²) in [6, 6.07) is 0. The summed E-state index contributed by atoms with van der Waals surface area (Å²) < 4.78 is 9.75. The van der Waals surface area contributed by atoms with E-state index in [1.54, 1.807) is 19.9 Å². The molecule has 0 bridgehead atoms. The molecule has 6 nitrogen and oxygen atoms in total. The Morgan fingerprint density at radius 1 is 1.05 bits per heavy atom. The summed E-state index contributed by atoms with van der Waals surface area (Å²) in [5.74, 6) is -2.59. The highest BCUT2D eigenvalue weighted by Gasteiger charge is 2.30. The molecule has 0 heterocycles. The number of esters is 2. The largest absolute Gasteiger partial charge is 0.465 e. The molecule has 0 saturated carbocycles. The summed E-state index contributed by atoms with van der Waals surface area (Å²) in [5, 5.41) is 2.61. The molecule has 20 heavy (non-hydrogen) atoms. The molecule has 6 heteroatoms. The lowest BCUT2D eigenvalue weighted by Gasteiger charge is -2.16. The molecule has 0 aromatic rings. The minimum absolute atomic E-state index is 0.0606. The Balaban J connectivity index is 5.00. The lowest BCUT2D eigenvalue weighted by molar-refractivity contribution is -0.161. The van der Waals surface area contributed by atoms with Crippen molar-refractivity contribution in [3.05, 3.63) is 11.8 Å². The molecule has 0 atom stereocenters. The Morgan fingerprint density at radius 2 is 1.55 bits per heavy atom. The summed E-state index contributed by atoms with van der Waals surface area (Å²) in [6.45, 7) is 6.95. The van der Waals surface area contributed by atoms with Crippen molar-refractivity contribution >= 4 is 17.8 Å². The van der Waals surface area contributed by atoms with E-state index in [9.17, 15) is 14.4 Å². The standard InChI is InChI=1S/C14H23NO5/c1-5-8-11(15-10(4)16)9-12(13(17)19-6-2)14(18)20-7-3/h8,12H,5-7,9H2,1-4H3,(H,15,16)/b11-8-. The molecule has 0 aromatic carbocycles. The molecule has 0 aliphatic heterocycles. The molecule has 0 aromatic heterocycles. The minimum Gasteiger partial charge on any atom is -0.465 e. The zero-order valence-corrected chi connectivity index (χ0v) is 12.5. The second kappa shape index (κ2) is 10.00. The van der Waals surface area contributed by atoms with E-state index in [1.807, 2.05) is 6.92 Å². The van der Waals surface area contributed by atoms with Gasteiger partial charge < -0.3 is 14.8 Å². The molecule has 0 unspecified atom stereocenters. The summed E-state index contributed by atoms with van der Waals surface area (Å²) in [6.07, 6.45) is 2.49. The van der Waals surface area contributed by atoms with E-state index >= 15 is 0 Å². The molecule has 0 aliphatic rings. The van der Waals surface area contributed by atoms with Crippen molar-refractivity contribution in [3.8, 4) is 0 Å². The number of carbonyl (C=O) groups is 3. The second-order valence-corrected chi connectivity index (χ2v) is 4.08. The van der Waals surface area contributed by atoms with E-state index in [0.717, 1.165) is 0 Å². The lowest BCUT2D eigenvalue weighted by Crippen LogP contribution is -2.31.